The summed E-state index contributed by atoms with van der Waals surface area (Å²) in [5.74, 6) is -23.1. The lowest BCUT2D eigenvalue weighted by Crippen LogP contribution is -2.25. The largest absolute Gasteiger partial charge is 0.493 e. The molecule has 0 aromatic heterocycles. The molecule has 0 aliphatic rings. The molecular weight excluding hydrogens is 944 g/mol. The fourth-order valence-electron chi connectivity index (χ4n) is 6.95. The van der Waals surface area contributed by atoms with Gasteiger partial charge in [-0.15, -0.1) is 0 Å². The van der Waals surface area contributed by atoms with Gasteiger partial charge in [-0.25, -0.2) is 52.7 Å². The number of alkyl halides is 4. The van der Waals surface area contributed by atoms with Crippen LogP contribution in [0.15, 0.2) is 84.9 Å². The Bertz CT molecular complexity index is 2500. The van der Waals surface area contributed by atoms with Crippen molar-refractivity contribution in [1.82, 2.24) is 0 Å². The van der Waals surface area contributed by atoms with Crippen LogP contribution in [0.2, 0.25) is 0 Å². The Hall–Kier alpha value is -6.60. The van der Waals surface area contributed by atoms with Crippen molar-refractivity contribution < 1.29 is 89.2 Å². The summed E-state index contributed by atoms with van der Waals surface area (Å²) in [6, 6.07) is 8.55. The summed E-state index contributed by atoms with van der Waals surface area (Å²) < 4.78 is 248. The average molecular weight is 979 g/mol. The van der Waals surface area contributed by atoms with Crippen molar-refractivity contribution >= 4 is 0 Å². The molecule has 0 bridgehead atoms. The Labute approximate surface area is 376 Å². The van der Waals surface area contributed by atoms with Crippen molar-refractivity contribution in [2.24, 2.45) is 5.92 Å². The van der Waals surface area contributed by atoms with Gasteiger partial charge in [0.2, 0.25) is 0 Å². The normalized spacial score (nSPS) is 11.9. The third-order valence-electron chi connectivity index (χ3n) is 10.3. The Balaban J connectivity index is 0.910. The quantitative estimate of drug-likeness (QED) is 0.0434. The lowest BCUT2D eigenvalue weighted by molar-refractivity contribution is -0.190. The SMILES string of the molecule is CC(CCCCOc1ccc(-c2cc(F)c(C(F)(F)Oc3cc(F)c(F)c(F)c3)c(F)c2)c(F)c1)CCCCOc1ccc(-c2cc(F)c(C(F)(F)Oc3cc(F)c(F)c(F)c3)c(F)c2)c(F)c1. The van der Waals surface area contributed by atoms with E-state index in [1.54, 1.807) is 0 Å². The zero-order valence-corrected chi connectivity index (χ0v) is 35.0. The molecule has 20 heteroatoms. The van der Waals surface area contributed by atoms with Gasteiger partial charge < -0.3 is 18.9 Å². The molecule has 0 N–H and O–H groups in total. The Kier molecular flexibility index (Phi) is 15.8. The topological polar surface area (TPSA) is 36.9 Å². The van der Waals surface area contributed by atoms with Gasteiger partial charge in [0, 0.05) is 47.5 Å². The number of ether oxygens (including phenoxy) is 4. The lowest BCUT2D eigenvalue weighted by atomic mass is 9.98. The molecule has 0 saturated carbocycles. The number of hydrogen-bond donors (Lipinski definition) is 0. The van der Waals surface area contributed by atoms with E-state index >= 15 is 8.78 Å². The fraction of sp³-hybridized carbons (Fsp3) is 0.250. The van der Waals surface area contributed by atoms with Crippen LogP contribution < -0.4 is 18.9 Å². The van der Waals surface area contributed by atoms with E-state index in [1.165, 1.54) is 12.1 Å². The van der Waals surface area contributed by atoms with Crippen molar-refractivity contribution in [3.05, 3.63) is 166 Å². The number of halogens is 16. The predicted octanol–water partition coefficient (Wildman–Crippen LogP) is 15.4. The minimum Gasteiger partial charge on any atom is -0.493 e. The highest BCUT2D eigenvalue weighted by atomic mass is 19.3. The number of hydrogen-bond acceptors (Lipinski definition) is 4. The van der Waals surface area contributed by atoms with Gasteiger partial charge in [0.25, 0.3) is 0 Å². The second kappa shape index (κ2) is 21.1. The van der Waals surface area contributed by atoms with E-state index < -0.39 is 116 Å². The minimum absolute atomic E-state index is 0.0578. The molecule has 6 aromatic carbocycles. The molecule has 0 unspecified atom stereocenters. The van der Waals surface area contributed by atoms with Gasteiger partial charge in [0.15, 0.2) is 34.9 Å². The van der Waals surface area contributed by atoms with Crippen molar-refractivity contribution in [1.29, 1.82) is 0 Å². The molecule has 0 saturated heterocycles. The van der Waals surface area contributed by atoms with Crippen molar-refractivity contribution in [3.63, 3.8) is 0 Å². The summed E-state index contributed by atoms with van der Waals surface area (Å²) in [4.78, 5) is 0. The van der Waals surface area contributed by atoms with Gasteiger partial charge in [-0.05, 0) is 91.3 Å². The molecule has 4 nitrogen and oxygen atoms in total. The van der Waals surface area contributed by atoms with E-state index in [2.05, 4.69) is 9.47 Å². The zero-order chi connectivity index (χ0) is 49.7. The van der Waals surface area contributed by atoms with Crippen LogP contribution >= 0.6 is 0 Å². The summed E-state index contributed by atoms with van der Waals surface area (Å²) >= 11 is 0. The fourth-order valence-corrected chi connectivity index (χ4v) is 6.95. The zero-order valence-electron chi connectivity index (χ0n) is 35.0. The Morgan fingerprint density at radius 3 is 1.00 bits per heavy atom. The molecule has 0 spiro atoms. The van der Waals surface area contributed by atoms with Gasteiger partial charge in [0.05, 0.1) is 13.2 Å². The third-order valence-corrected chi connectivity index (χ3v) is 10.3. The average Bonchev–Trinajstić information content (AvgIpc) is 3.23. The number of benzene rings is 6. The molecule has 362 valence electrons. The molecule has 0 amide bonds. The number of unbranched alkanes of at least 4 members (excludes halogenated alkanes) is 2. The summed E-state index contributed by atoms with van der Waals surface area (Å²) in [5.41, 5.74) is -5.57. The molecule has 0 aliphatic heterocycles. The standard InChI is InChI=1S/C48H34F16O4/c1-24(6-2-4-12-65-27-8-10-31(33(49)18-27)25-14-35(51)43(36(52)15-25)47(61,62)67-29-20-39(55)45(59)40(56)21-29)7-3-5-13-66-28-9-11-32(34(50)19-28)26-16-37(53)44(38(54)17-26)48(63,64)68-30-22-41(57)46(60)42(58)23-30/h8-11,14-24H,2-7,12-13H2,1H3. The first-order valence-electron chi connectivity index (χ1n) is 20.3. The van der Waals surface area contributed by atoms with Crippen molar-refractivity contribution in [3.8, 4) is 45.3 Å². The van der Waals surface area contributed by atoms with Crippen LogP contribution in [0, 0.1) is 75.7 Å². The summed E-state index contributed by atoms with van der Waals surface area (Å²) in [5, 5.41) is 0. The second-order valence-electron chi connectivity index (χ2n) is 15.3. The van der Waals surface area contributed by atoms with Crippen molar-refractivity contribution in [2.45, 2.75) is 57.7 Å². The van der Waals surface area contributed by atoms with Crippen LogP contribution in [0.3, 0.4) is 0 Å². The monoisotopic (exact) mass is 978 g/mol. The highest BCUT2D eigenvalue weighted by Crippen LogP contribution is 2.40. The molecule has 6 aromatic rings. The van der Waals surface area contributed by atoms with E-state index in [0.717, 1.165) is 49.9 Å². The van der Waals surface area contributed by atoms with Gasteiger partial charge in [-0.2, -0.15) is 17.6 Å². The summed E-state index contributed by atoms with van der Waals surface area (Å²) in [6.45, 7) is 2.37. The molecule has 68 heavy (non-hydrogen) atoms. The van der Waals surface area contributed by atoms with Gasteiger partial charge in [0.1, 0.15) is 69.0 Å². The van der Waals surface area contributed by atoms with E-state index in [0.29, 0.717) is 37.1 Å². The van der Waals surface area contributed by atoms with Crippen LogP contribution in [-0.2, 0) is 12.2 Å². The second-order valence-corrected chi connectivity index (χ2v) is 15.3. The molecular formula is C48H34F16O4. The van der Waals surface area contributed by atoms with Crippen molar-refractivity contribution in [2.75, 3.05) is 13.2 Å². The molecule has 0 atom stereocenters. The first kappa shape index (κ1) is 50.8. The summed E-state index contributed by atoms with van der Waals surface area (Å²) in [6.07, 6.45) is -5.49. The Morgan fingerprint density at radius 2 is 0.691 bits per heavy atom. The Morgan fingerprint density at radius 1 is 0.382 bits per heavy atom. The highest BCUT2D eigenvalue weighted by molar-refractivity contribution is 5.67. The van der Waals surface area contributed by atoms with Gasteiger partial charge >= 0.3 is 12.2 Å². The van der Waals surface area contributed by atoms with Gasteiger partial charge in [-0.3, -0.25) is 0 Å². The number of rotatable bonds is 20. The summed E-state index contributed by atoms with van der Waals surface area (Å²) in [7, 11) is 0. The van der Waals surface area contributed by atoms with E-state index in [4.69, 9.17) is 9.47 Å². The minimum atomic E-state index is -4.83. The maximum absolute atomic E-state index is 15.0. The first-order valence-corrected chi connectivity index (χ1v) is 20.3. The van der Waals surface area contributed by atoms with Crippen LogP contribution in [-0.4, -0.2) is 13.2 Å². The van der Waals surface area contributed by atoms with Crippen LogP contribution in [0.25, 0.3) is 22.3 Å². The molecule has 0 radical (unpaired) electrons. The van der Waals surface area contributed by atoms with Crippen LogP contribution in [0.4, 0.5) is 70.2 Å². The maximum Gasteiger partial charge on any atom is 0.432 e. The van der Waals surface area contributed by atoms with Gasteiger partial charge in [-0.1, -0.05) is 19.8 Å². The predicted molar refractivity (Wildman–Crippen MR) is 213 cm³/mol. The molecule has 0 aliphatic carbocycles. The smallest absolute Gasteiger partial charge is 0.432 e. The van der Waals surface area contributed by atoms with E-state index in [1.807, 2.05) is 6.92 Å². The maximum atomic E-state index is 15.0. The molecule has 6 rings (SSSR count). The molecule has 0 fully saturated rings. The third kappa shape index (κ3) is 12.1. The first-order chi connectivity index (χ1) is 32.0. The highest BCUT2D eigenvalue weighted by Gasteiger charge is 2.43. The van der Waals surface area contributed by atoms with Crippen LogP contribution in [0.5, 0.6) is 23.0 Å². The molecule has 0 heterocycles. The van der Waals surface area contributed by atoms with E-state index in [-0.39, 0.29) is 66.0 Å². The lowest BCUT2D eigenvalue weighted by Gasteiger charge is -2.20. The van der Waals surface area contributed by atoms with Crippen LogP contribution in [0.1, 0.15) is 56.6 Å². The van der Waals surface area contributed by atoms with E-state index in [9.17, 15) is 61.5 Å².